The first kappa shape index (κ1) is 42.1. The van der Waals surface area contributed by atoms with Gasteiger partial charge in [0.1, 0.15) is 6.04 Å². The first-order valence-electron chi connectivity index (χ1n) is 18.4. The van der Waals surface area contributed by atoms with E-state index in [0.717, 1.165) is 38.5 Å². The molecule has 3 unspecified atom stereocenters. The van der Waals surface area contributed by atoms with Crippen molar-refractivity contribution in [1.82, 2.24) is 0 Å². The van der Waals surface area contributed by atoms with Gasteiger partial charge in [-0.25, -0.2) is 9.59 Å². The van der Waals surface area contributed by atoms with Gasteiger partial charge >= 0.3 is 11.9 Å². The summed E-state index contributed by atoms with van der Waals surface area (Å²) in [5.74, 6) is -3.57. The van der Waals surface area contributed by atoms with Crippen molar-refractivity contribution in [2.24, 2.45) is 0 Å². The molecule has 44 heavy (non-hydrogen) atoms. The molecular weight excluding hydrogens is 554 g/mol. The molecule has 0 aromatic carbocycles. The van der Waals surface area contributed by atoms with E-state index in [1.807, 2.05) is 20.8 Å². The maximum absolute atomic E-state index is 12.6. The second-order valence-electron chi connectivity index (χ2n) is 13.0. The molecule has 7 nitrogen and oxygen atoms in total. The van der Waals surface area contributed by atoms with Crippen LogP contribution in [-0.4, -0.2) is 57.3 Å². The number of rotatable bonds is 32. The molecule has 0 radical (unpaired) electrons. The van der Waals surface area contributed by atoms with E-state index in [9.17, 15) is 29.7 Å². The maximum Gasteiger partial charge on any atom is 0.362 e. The Labute approximate surface area is 270 Å². The highest BCUT2D eigenvalue weighted by atomic mass is 16.4. The molecule has 7 heteroatoms. The van der Waals surface area contributed by atoms with Crippen LogP contribution in [0.15, 0.2) is 12.2 Å². The first-order chi connectivity index (χ1) is 21.2. The molecule has 2 N–H and O–H groups in total. The highest BCUT2D eigenvalue weighted by molar-refractivity contribution is 5.77. The summed E-state index contributed by atoms with van der Waals surface area (Å²) in [7, 11) is 0. The Kier molecular flexibility index (Phi) is 26.2. The zero-order chi connectivity index (χ0) is 33.1. The average molecular weight is 624 g/mol. The van der Waals surface area contributed by atoms with Crippen molar-refractivity contribution in [3.63, 3.8) is 0 Å². The molecule has 0 aliphatic carbocycles. The van der Waals surface area contributed by atoms with Crippen molar-refractivity contribution in [3.05, 3.63) is 12.2 Å². The lowest BCUT2D eigenvalue weighted by molar-refractivity contribution is -0.975. The van der Waals surface area contributed by atoms with Gasteiger partial charge in [-0.2, -0.15) is 0 Å². The summed E-state index contributed by atoms with van der Waals surface area (Å²) in [5, 5.41) is 33.0. The number of carbonyl (C=O) groups is 3. The number of carbonyl (C=O) groups excluding carboxylic acids is 1. The lowest BCUT2D eigenvalue weighted by atomic mass is 9.91. The molecular formula is C37H69NO6. The van der Waals surface area contributed by atoms with Crippen LogP contribution in [0.2, 0.25) is 0 Å². The third-order valence-corrected chi connectivity index (χ3v) is 9.33. The lowest BCUT2D eigenvalue weighted by Crippen LogP contribution is -2.74. The molecule has 3 atom stereocenters. The van der Waals surface area contributed by atoms with Gasteiger partial charge in [0, 0.05) is 19.3 Å². The topological polar surface area (TPSA) is 115 Å². The predicted molar refractivity (Wildman–Crippen MR) is 179 cm³/mol. The average Bonchev–Trinajstić information content (AvgIpc) is 2.98. The van der Waals surface area contributed by atoms with Crippen molar-refractivity contribution in [2.45, 2.75) is 200 Å². The number of hydrogen-bond acceptors (Lipinski definition) is 4. The number of allylic oxidation sites excluding steroid dienone is 2. The van der Waals surface area contributed by atoms with Crippen molar-refractivity contribution < 1.29 is 34.2 Å². The molecule has 0 heterocycles. The van der Waals surface area contributed by atoms with Crippen LogP contribution in [-0.2, 0) is 14.4 Å². The molecule has 0 rings (SSSR count). The number of carboxylic acids is 3. The van der Waals surface area contributed by atoms with Crippen LogP contribution < -0.4 is 5.11 Å². The van der Waals surface area contributed by atoms with E-state index in [0.29, 0.717) is 25.7 Å². The molecule has 0 saturated heterocycles. The van der Waals surface area contributed by atoms with E-state index in [2.05, 4.69) is 19.1 Å². The summed E-state index contributed by atoms with van der Waals surface area (Å²) in [4.78, 5) is 37.6. The Bertz CT molecular complexity index is 707. The van der Waals surface area contributed by atoms with Crippen LogP contribution in [0.3, 0.4) is 0 Å². The molecule has 0 amide bonds. The van der Waals surface area contributed by atoms with Gasteiger partial charge in [-0.05, 0) is 51.4 Å². The Balaban J connectivity index is 4.78. The molecule has 0 fully saturated rings. The largest absolute Gasteiger partial charge is 0.544 e. The summed E-state index contributed by atoms with van der Waals surface area (Å²) < 4.78 is -0.440. The molecule has 0 aliphatic rings. The molecule has 258 valence electrons. The molecule has 0 aromatic heterocycles. The Morgan fingerprint density at radius 2 is 0.864 bits per heavy atom. The summed E-state index contributed by atoms with van der Waals surface area (Å²) in [6.07, 6.45) is 28.6. The minimum atomic E-state index is -1.34. The van der Waals surface area contributed by atoms with Crippen LogP contribution >= 0.6 is 0 Å². The summed E-state index contributed by atoms with van der Waals surface area (Å²) in [6, 6.07) is -3.34. The second-order valence-corrected chi connectivity index (χ2v) is 13.0. The summed E-state index contributed by atoms with van der Waals surface area (Å²) >= 11 is 0. The molecule has 0 bridgehead atoms. The third kappa shape index (κ3) is 17.0. The van der Waals surface area contributed by atoms with Crippen molar-refractivity contribution in [1.29, 1.82) is 0 Å². The molecule has 0 aliphatic heterocycles. The van der Waals surface area contributed by atoms with Crippen LogP contribution in [0.5, 0.6) is 0 Å². The van der Waals surface area contributed by atoms with Gasteiger partial charge in [-0.1, -0.05) is 123 Å². The van der Waals surface area contributed by atoms with Crippen molar-refractivity contribution in [3.8, 4) is 0 Å². The highest BCUT2D eigenvalue weighted by Crippen LogP contribution is 2.34. The fourth-order valence-corrected chi connectivity index (χ4v) is 6.97. The Morgan fingerprint density at radius 1 is 0.523 bits per heavy atom. The van der Waals surface area contributed by atoms with E-state index in [-0.39, 0.29) is 25.8 Å². The summed E-state index contributed by atoms with van der Waals surface area (Å²) in [5.41, 5.74) is 0. The quantitative estimate of drug-likeness (QED) is 0.0439. The van der Waals surface area contributed by atoms with E-state index in [4.69, 9.17) is 0 Å². The highest BCUT2D eigenvalue weighted by Gasteiger charge is 2.54. The lowest BCUT2D eigenvalue weighted by Gasteiger charge is -2.52. The fourth-order valence-electron chi connectivity index (χ4n) is 6.97. The first-order valence-corrected chi connectivity index (χ1v) is 18.4. The van der Waals surface area contributed by atoms with Gasteiger partial charge in [0.05, 0.1) is 12.5 Å². The number of unbranched alkanes of at least 4 members (excludes halogenated alkanes) is 16. The van der Waals surface area contributed by atoms with E-state index >= 15 is 0 Å². The minimum Gasteiger partial charge on any atom is -0.544 e. The van der Waals surface area contributed by atoms with Gasteiger partial charge in [-0.3, -0.25) is 4.48 Å². The van der Waals surface area contributed by atoms with Gasteiger partial charge in [-0.15, -0.1) is 0 Å². The number of carboxylic acid groups (broad SMARTS) is 3. The van der Waals surface area contributed by atoms with Crippen LogP contribution in [0.1, 0.15) is 182 Å². The SMILES string of the molecule is CCCCCCCCCCCCC/C=C/CCCCCCC[N+](C(CCC)C(=O)[O-])(C(CCC)C(=O)O)C(CCC)C(=O)O. The monoisotopic (exact) mass is 624 g/mol. The van der Waals surface area contributed by atoms with Gasteiger partial charge in [0.25, 0.3) is 0 Å². The number of quaternary nitrogens is 1. The fraction of sp³-hybridized carbons (Fsp3) is 0.865. The van der Waals surface area contributed by atoms with Crippen LogP contribution in [0, 0.1) is 0 Å². The maximum atomic E-state index is 12.6. The standard InChI is InChI=1S/C37H69NO6/c1-5-9-10-11-12-13-14-15-16-17-18-19-20-21-22-23-24-25-26-27-31-38(32(28-6-2)35(39)40,33(29-7-3)36(41)42)34(30-8-4)37(43)44/h20-21,32-34H,5-19,22-31H2,1-4H3,(H2-,39,40,41,42,43,44)/b21-20+. The second kappa shape index (κ2) is 27.4. The third-order valence-electron chi connectivity index (χ3n) is 9.33. The predicted octanol–water partition coefficient (Wildman–Crippen LogP) is 8.83. The minimum absolute atomic E-state index is 0.203. The molecule has 0 saturated carbocycles. The van der Waals surface area contributed by atoms with Crippen molar-refractivity contribution in [2.75, 3.05) is 6.54 Å². The zero-order valence-electron chi connectivity index (χ0n) is 29.0. The van der Waals surface area contributed by atoms with Gasteiger partial charge in [0.15, 0.2) is 12.1 Å². The Hall–Kier alpha value is -1.89. The van der Waals surface area contributed by atoms with Gasteiger partial charge < -0.3 is 20.1 Å². The van der Waals surface area contributed by atoms with Crippen molar-refractivity contribution >= 4 is 17.9 Å². The molecule has 0 aromatic rings. The van der Waals surface area contributed by atoms with E-state index in [1.165, 1.54) is 70.6 Å². The summed E-state index contributed by atoms with van der Waals surface area (Å²) in [6.45, 7) is 8.07. The van der Waals surface area contributed by atoms with Crippen LogP contribution in [0.4, 0.5) is 0 Å². The number of aliphatic carboxylic acids is 3. The zero-order valence-corrected chi connectivity index (χ0v) is 29.0. The van der Waals surface area contributed by atoms with Gasteiger partial charge in [0.2, 0.25) is 0 Å². The number of nitrogens with zero attached hydrogens (tertiary/aromatic N) is 1. The molecule has 0 spiro atoms. The van der Waals surface area contributed by atoms with E-state index in [1.54, 1.807) is 0 Å². The normalized spacial score (nSPS) is 15.2. The van der Waals surface area contributed by atoms with Crippen LogP contribution in [0.25, 0.3) is 0 Å². The van der Waals surface area contributed by atoms with E-state index < -0.39 is 40.5 Å². The smallest absolute Gasteiger partial charge is 0.362 e. The Morgan fingerprint density at radius 3 is 1.20 bits per heavy atom. The number of hydrogen-bond donors (Lipinski definition) is 2.